The average molecular weight is 295 g/mol. The molecule has 0 radical (unpaired) electrons. The van der Waals surface area contributed by atoms with Crippen molar-refractivity contribution in [3.05, 3.63) is 76.1 Å². The SMILES string of the molecule is O=[N+]([O-])c1ccc(C2=CCCN(Cc3ccccc3)C2)nc1. The molecule has 22 heavy (non-hydrogen) atoms. The van der Waals surface area contributed by atoms with E-state index in [1.165, 1.54) is 17.8 Å². The van der Waals surface area contributed by atoms with Crippen LogP contribution in [0.3, 0.4) is 0 Å². The van der Waals surface area contributed by atoms with E-state index in [0.29, 0.717) is 0 Å². The van der Waals surface area contributed by atoms with E-state index in [4.69, 9.17) is 0 Å². The zero-order valence-electron chi connectivity index (χ0n) is 12.2. The molecule has 1 aliphatic rings. The summed E-state index contributed by atoms with van der Waals surface area (Å²) in [5, 5.41) is 10.7. The molecule has 0 bridgehead atoms. The number of nitro groups is 1. The molecule has 0 atom stereocenters. The summed E-state index contributed by atoms with van der Waals surface area (Å²) >= 11 is 0. The molecule has 0 aliphatic carbocycles. The van der Waals surface area contributed by atoms with E-state index in [9.17, 15) is 10.1 Å². The third kappa shape index (κ3) is 3.38. The van der Waals surface area contributed by atoms with Gasteiger partial charge in [-0.15, -0.1) is 0 Å². The van der Waals surface area contributed by atoms with Gasteiger partial charge in [0.1, 0.15) is 6.20 Å². The lowest BCUT2D eigenvalue weighted by molar-refractivity contribution is -0.385. The van der Waals surface area contributed by atoms with E-state index in [1.54, 1.807) is 6.07 Å². The van der Waals surface area contributed by atoms with E-state index in [1.807, 2.05) is 18.2 Å². The van der Waals surface area contributed by atoms with Crippen molar-refractivity contribution < 1.29 is 4.92 Å². The van der Waals surface area contributed by atoms with Crippen molar-refractivity contribution >= 4 is 11.3 Å². The van der Waals surface area contributed by atoms with Crippen LogP contribution in [0.25, 0.3) is 5.57 Å². The summed E-state index contributed by atoms with van der Waals surface area (Å²) in [5.41, 5.74) is 3.28. The molecule has 0 amide bonds. The first-order valence-corrected chi connectivity index (χ1v) is 7.28. The third-order valence-electron chi connectivity index (χ3n) is 3.77. The van der Waals surface area contributed by atoms with Gasteiger partial charge in [0.05, 0.1) is 10.6 Å². The number of hydrogen-bond donors (Lipinski definition) is 0. The molecular weight excluding hydrogens is 278 g/mol. The Morgan fingerprint density at radius 1 is 1.18 bits per heavy atom. The van der Waals surface area contributed by atoms with Crippen LogP contribution in [0.15, 0.2) is 54.7 Å². The topological polar surface area (TPSA) is 59.3 Å². The summed E-state index contributed by atoms with van der Waals surface area (Å²) in [5.74, 6) is 0. The first-order valence-electron chi connectivity index (χ1n) is 7.28. The fourth-order valence-corrected chi connectivity index (χ4v) is 2.65. The molecule has 3 rings (SSSR count). The van der Waals surface area contributed by atoms with E-state index >= 15 is 0 Å². The number of pyridine rings is 1. The van der Waals surface area contributed by atoms with Crippen LogP contribution in [0, 0.1) is 10.1 Å². The Balaban J connectivity index is 1.70. The molecule has 112 valence electrons. The minimum Gasteiger partial charge on any atom is -0.294 e. The van der Waals surface area contributed by atoms with E-state index < -0.39 is 4.92 Å². The third-order valence-corrected chi connectivity index (χ3v) is 3.77. The maximum absolute atomic E-state index is 10.7. The van der Waals surface area contributed by atoms with Crippen molar-refractivity contribution in [1.29, 1.82) is 0 Å². The zero-order chi connectivity index (χ0) is 15.4. The van der Waals surface area contributed by atoms with Gasteiger partial charge in [-0.25, -0.2) is 4.98 Å². The first kappa shape index (κ1) is 14.4. The maximum atomic E-state index is 10.7. The van der Waals surface area contributed by atoms with E-state index in [2.05, 4.69) is 28.1 Å². The monoisotopic (exact) mass is 295 g/mol. The highest BCUT2D eigenvalue weighted by atomic mass is 16.6. The Bertz CT molecular complexity index is 681. The maximum Gasteiger partial charge on any atom is 0.287 e. The Morgan fingerprint density at radius 2 is 2.00 bits per heavy atom. The van der Waals surface area contributed by atoms with E-state index in [-0.39, 0.29) is 5.69 Å². The molecule has 2 heterocycles. The fourth-order valence-electron chi connectivity index (χ4n) is 2.65. The zero-order valence-corrected chi connectivity index (χ0v) is 12.2. The van der Waals surface area contributed by atoms with Crippen LogP contribution >= 0.6 is 0 Å². The Kier molecular flexibility index (Phi) is 4.25. The number of nitrogens with zero attached hydrogens (tertiary/aromatic N) is 3. The molecule has 1 aromatic carbocycles. The molecule has 0 saturated heterocycles. The van der Waals surface area contributed by atoms with Crippen LogP contribution in [0.2, 0.25) is 0 Å². The highest BCUT2D eigenvalue weighted by Gasteiger charge is 2.16. The number of rotatable bonds is 4. The van der Waals surface area contributed by atoms with Crippen molar-refractivity contribution in [2.45, 2.75) is 13.0 Å². The van der Waals surface area contributed by atoms with Crippen LogP contribution in [0.1, 0.15) is 17.7 Å². The molecular formula is C17H17N3O2. The molecule has 0 N–H and O–H groups in total. The predicted molar refractivity (Wildman–Crippen MR) is 85.2 cm³/mol. The second-order valence-electron chi connectivity index (χ2n) is 5.37. The Hall–Kier alpha value is -2.53. The molecule has 1 aromatic heterocycles. The standard InChI is InChI=1S/C17H17N3O2/c21-20(22)16-8-9-17(18-11-16)15-7-4-10-19(13-15)12-14-5-2-1-3-6-14/h1-3,5-9,11H,4,10,12-13H2. The van der Waals surface area contributed by atoms with Crippen molar-refractivity contribution in [2.24, 2.45) is 0 Å². The lowest BCUT2D eigenvalue weighted by Crippen LogP contribution is -2.29. The van der Waals surface area contributed by atoms with Crippen LogP contribution in [-0.4, -0.2) is 27.9 Å². The number of hydrogen-bond acceptors (Lipinski definition) is 4. The summed E-state index contributed by atoms with van der Waals surface area (Å²) < 4.78 is 0. The number of aromatic nitrogens is 1. The van der Waals surface area contributed by atoms with Crippen molar-refractivity contribution in [1.82, 2.24) is 9.88 Å². The van der Waals surface area contributed by atoms with Crippen LogP contribution in [-0.2, 0) is 6.54 Å². The van der Waals surface area contributed by atoms with Gasteiger partial charge in [-0.05, 0) is 23.6 Å². The smallest absolute Gasteiger partial charge is 0.287 e. The largest absolute Gasteiger partial charge is 0.294 e. The molecule has 0 unspecified atom stereocenters. The molecule has 5 heteroatoms. The minimum absolute atomic E-state index is 0.0290. The lowest BCUT2D eigenvalue weighted by atomic mass is 10.0. The summed E-state index contributed by atoms with van der Waals surface area (Å²) in [7, 11) is 0. The van der Waals surface area contributed by atoms with Gasteiger partial charge >= 0.3 is 0 Å². The Morgan fingerprint density at radius 3 is 2.68 bits per heavy atom. The van der Waals surface area contributed by atoms with Gasteiger partial charge in [-0.2, -0.15) is 0 Å². The highest BCUT2D eigenvalue weighted by molar-refractivity contribution is 5.65. The normalized spacial score (nSPS) is 15.4. The van der Waals surface area contributed by atoms with Crippen molar-refractivity contribution in [2.75, 3.05) is 13.1 Å². The van der Waals surface area contributed by atoms with Crippen LogP contribution in [0.5, 0.6) is 0 Å². The van der Waals surface area contributed by atoms with Gasteiger partial charge in [0, 0.05) is 25.7 Å². The molecule has 5 nitrogen and oxygen atoms in total. The van der Waals surface area contributed by atoms with Crippen molar-refractivity contribution in [3.63, 3.8) is 0 Å². The van der Waals surface area contributed by atoms with Crippen LogP contribution < -0.4 is 0 Å². The van der Waals surface area contributed by atoms with E-state index in [0.717, 1.165) is 37.3 Å². The van der Waals surface area contributed by atoms with Crippen molar-refractivity contribution in [3.8, 4) is 0 Å². The molecule has 0 fully saturated rings. The van der Waals surface area contributed by atoms with Gasteiger partial charge in [-0.1, -0.05) is 36.4 Å². The second kappa shape index (κ2) is 6.49. The molecule has 0 saturated carbocycles. The lowest BCUT2D eigenvalue weighted by Gasteiger charge is -2.27. The molecule has 2 aromatic rings. The number of benzene rings is 1. The first-order chi connectivity index (χ1) is 10.7. The van der Waals surface area contributed by atoms with Gasteiger partial charge in [0.2, 0.25) is 0 Å². The molecule has 1 aliphatic heterocycles. The van der Waals surface area contributed by atoms with Gasteiger partial charge in [-0.3, -0.25) is 15.0 Å². The van der Waals surface area contributed by atoms with Gasteiger partial charge < -0.3 is 0 Å². The van der Waals surface area contributed by atoms with Crippen LogP contribution in [0.4, 0.5) is 5.69 Å². The predicted octanol–water partition coefficient (Wildman–Crippen LogP) is 3.28. The highest BCUT2D eigenvalue weighted by Crippen LogP contribution is 2.22. The molecule has 0 spiro atoms. The minimum atomic E-state index is -0.423. The van der Waals surface area contributed by atoms with Gasteiger partial charge in [0.25, 0.3) is 5.69 Å². The van der Waals surface area contributed by atoms with Gasteiger partial charge in [0.15, 0.2) is 0 Å². The Labute approximate surface area is 129 Å². The summed E-state index contributed by atoms with van der Waals surface area (Å²) in [6.07, 6.45) is 4.48. The summed E-state index contributed by atoms with van der Waals surface area (Å²) in [6.45, 7) is 2.75. The quantitative estimate of drug-likeness (QED) is 0.641. The second-order valence-corrected chi connectivity index (χ2v) is 5.37. The average Bonchev–Trinajstić information content (AvgIpc) is 2.56. The summed E-state index contributed by atoms with van der Waals surface area (Å²) in [6, 6.07) is 13.6. The summed E-state index contributed by atoms with van der Waals surface area (Å²) in [4.78, 5) is 16.9. The fraction of sp³-hybridized carbons (Fsp3) is 0.235.